The van der Waals surface area contributed by atoms with Crippen molar-refractivity contribution in [2.75, 3.05) is 0 Å². The lowest BCUT2D eigenvalue weighted by Crippen LogP contribution is -2.04. The number of rotatable bonds is 2. The Bertz CT molecular complexity index is 377. The van der Waals surface area contributed by atoms with Gasteiger partial charge in [-0.25, -0.2) is 4.98 Å². The van der Waals surface area contributed by atoms with Crippen LogP contribution in [0.2, 0.25) is 0 Å². The quantitative estimate of drug-likeness (QED) is 0.699. The average Bonchev–Trinajstić information content (AvgIpc) is 2.75. The standard InChI is InChI=1S/C7H9N5O/c1-4(8)6-11-12-7(13-6)5-9-2-3-10-5/h2-4H,8H2,1H3,(H,9,10)/t4-/m0/s1. The molecule has 2 rings (SSSR count). The minimum absolute atomic E-state index is 0.254. The fourth-order valence-electron chi connectivity index (χ4n) is 0.897. The van der Waals surface area contributed by atoms with Crippen LogP contribution in [0.25, 0.3) is 11.7 Å². The van der Waals surface area contributed by atoms with E-state index in [-0.39, 0.29) is 6.04 Å². The van der Waals surface area contributed by atoms with Crippen molar-refractivity contribution >= 4 is 0 Å². The summed E-state index contributed by atoms with van der Waals surface area (Å²) >= 11 is 0. The van der Waals surface area contributed by atoms with Crippen LogP contribution in [0.3, 0.4) is 0 Å². The van der Waals surface area contributed by atoms with Gasteiger partial charge in [0.15, 0.2) is 5.82 Å². The molecule has 2 heterocycles. The molecule has 68 valence electrons. The molecule has 0 aromatic carbocycles. The largest absolute Gasteiger partial charge is 0.416 e. The number of nitrogens with zero attached hydrogens (tertiary/aromatic N) is 3. The van der Waals surface area contributed by atoms with Crippen LogP contribution < -0.4 is 5.73 Å². The number of nitrogens with two attached hydrogens (primary N) is 1. The van der Waals surface area contributed by atoms with Gasteiger partial charge in [0, 0.05) is 12.4 Å². The van der Waals surface area contributed by atoms with Gasteiger partial charge in [-0.1, -0.05) is 0 Å². The number of nitrogens with one attached hydrogen (secondary N) is 1. The summed E-state index contributed by atoms with van der Waals surface area (Å²) in [5.74, 6) is 1.32. The Morgan fingerprint density at radius 1 is 1.54 bits per heavy atom. The molecule has 0 bridgehead atoms. The third-order valence-corrected chi connectivity index (χ3v) is 1.53. The lowest BCUT2D eigenvalue weighted by Gasteiger charge is -1.93. The first kappa shape index (κ1) is 7.93. The van der Waals surface area contributed by atoms with Crippen LogP contribution in [0.1, 0.15) is 18.9 Å². The molecule has 0 saturated carbocycles. The van der Waals surface area contributed by atoms with E-state index < -0.39 is 0 Å². The maximum atomic E-state index is 5.55. The molecule has 0 spiro atoms. The van der Waals surface area contributed by atoms with Gasteiger partial charge in [-0.05, 0) is 6.92 Å². The summed E-state index contributed by atoms with van der Waals surface area (Å²) < 4.78 is 5.25. The molecule has 0 saturated heterocycles. The average molecular weight is 179 g/mol. The van der Waals surface area contributed by atoms with Crippen molar-refractivity contribution in [3.8, 4) is 11.7 Å². The van der Waals surface area contributed by atoms with Crippen molar-refractivity contribution in [1.29, 1.82) is 0 Å². The van der Waals surface area contributed by atoms with E-state index in [2.05, 4.69) is 20.2 Å². The molecule has 0 fully saturated rings. The van der Waals surface area contributed by atoms with Crippen molar-refractivity contribution < 1.29 is 4.42 Å². The summed E-state index contributed by atoms with van der Waals surface area (Å²) in [6, 6.07) is -0.254. The summed E-state index contributed by atoms with van der Waals surface area (Å²) in [5, 5.41) is 7.56. The first-order chi connectivity index (χ1) is 6.27. The molecule has 2 aromatic rings. The third kappa shape index (κ3) is 1.43. The number of aromatic amines is 1. The summed E-state index contributed by atoms with van der Waals surface area (Å²) in [4.78, 5) is 6.82. The van der Waals surface area contributed by atoms with Crippen LogP contribution in [0.4, 0.5) is 0 Å². The fraction of sp³-hybridized carbons (Fsp3) is 0.286. The highest BCUT2D eigenvalue weighted by molar-refractivity contribution is 5.38. The van der Waals surface area contributed by atoms with E-state index in [1.165, 1.54) is 0 Å². The molecule has 0 radical (unpaired) electrons. The van der Waals surface area contributed by atoms with E-state index in [0.717, 1.165) is 0 Å². The molecule has 0 unspecified atom stereocenters. The van der Waals surface area contributed by atoms with Gasteiger partial charge in [0.25, 0.3) is 5.89 Å². The van der Waals surface area contributed by atoms with Crippen LogP contribution in [0.5, 0.6) is 0 Å². The van der Waals surface area contributed by atoms with Crippen LogP contribution >= 0.6 is 0 Å². The van der Waals surface area contributed by atoms with Gasteiger partial charge in [-0.3, -0.25) is 0 Å². The minimum Gasteiger partial charge on any atom is -0.416 e. The van der Waals surface area contributed by atoms with Gasteiger partial charge in [-0.2, -0.15) is 0 Å². The number of hydrogen-bond donors (Lipinski definition) is 2. The molecular formula is C7H9N5O. The number of H-pyrrole nitrogens is 1. The lowest BCUT2D eigenvalue weighted by molar-refractivity contribution is 0.471. The number of aromatic nitrogens is 4. The van der Waals surface area contributed by atoms with E-state index >= 15 is 0 Å². The Morgan fingerprint density at radius 2 is 2.38 bits per heavy atom. The molecule has 13 heavy (non-hydrogen) atoms. The molecule has 0 aliphatic heterocycles. The Kier molecular flexibility index (Phi) is 1.82. The Balaban J connectivity index is 2.33. The van der Waals surface area contributed by atoms with Crippen molar-refractivity contribution in [2.24, 2.45) is 5.73 Å². The van der Waals surface area contributed by atoms with Crippen molar-refractivity contribution in [1.82, 2.24) is 20.2 Å². The second-order valence-corrected chi connectivity index (χ2v) is 2.67. The van der Waals surface area contributed by atoms with E-state index in [0.29, 0.717) is 17.6 Å². The summed E-state index contributed by atoms with van der Waals surface area (Å²) in [6.07, 6.45) is 3.30. The lowest BCUT2D eigenvalue weighted by atomic mass is 10.4. The van der Waals surface area contributed by atoms with Gasteiger partial charge in [0.05, 0.1) is 6.04 Å². The van der Waals surface area contributed by atoms with Crippen LogP contribution in [-0.4, -0.2) is 20.2 Å². The predicted molar refractivity (Wildman–Crippen MR) is 44.5 cm³/mol. The first-order valence-corrected chi connectivity index (χ1v) is 3.86. The van der Waals surface area contributed by atoms with E-state index in [4.69, 9.17) is 10.2 Å². The minimum atomic E-state index is -0.254. The van der Waals surface area contributed by atoms with E-state index in [9.17, 15) is 0 Å². The van der Waals surface area contributed by atoms with Crippen LogP contribution in [0.15, 0.2) is 16.8 Å². The van der Waals surface area contributed by atoms with E-state index in [1.807, 2.05) is 0 Å². The molecule has 2 aromatic heterocycles. The second kappa shape index (κ2) is 2.98. The van der Waals surface area contributed by atoms with Crippen molar-refractivity contribution in [3.05, 3.63) is 18.3 Å². The Morgan fingerprint density at radius 3 is 2.92 bits per heavy atom. The molecule has 0 amide bonds. The predicted octanol–water partition coefficient (Wildman–Crippen LogP) is 0.479. The monoisotopic (exact) mass is 179 g/mol. The van der Waals surface area contributed by atoms with Crippen LogP contribution in [-0.2, 0) is 0 Å². The zero-order chi connectivity index (χ0) is 9.26. The highest BCUT2D eigenvalue weighted by Gasteiger charge is 2.12. The second-order valence-electron chi connectivity index (χ2n) is 2.67. The highest BCUT2D eigenvalue weighted by Crippen LogP contribution is 2.14. The zero-order valence-electron chi connectivity index (χ0n) is 7.06. The molecule has 3 N–H and O–H groups in total. The molecule has 1 atom stereocenters. The maximum absolute atomic E-state index is 5.55. The molecule has 0 aliphatic carbocycles. The number of imidazole rings is 1. The Hall–Kier alpha value is -1.69. The van der Waals surface area contributed by atoms with Gasteiger partial charge in [-0.15, -0.1) is 10.2 Å². The van der Waals surface area contributed by atoms with Gasteiger partial charge < -0.3 is 15.1 Å². The van der Waals surface area contributed by atoms with Crippen LogP contribution in [0, 0.1) is 0 Å². The number of hydrogen-bond acceptors (Lipinski definition) is 5. The zero-order valence-corrected chi connectivity index (χ0v) is 7.06. The molecular weight excluding hydrogens is 170 g/mol. The Labute approximate surface area is 74.2 Å². The summed E-state index contributed by atoms with van der Waals surface area (Å²) in [7, 11) is 0. The smallest absolute Gasteiger partial charge is 0.283 e. The van der Waals surface area contributed by atoms with Gasteiger partial charge in [0.2, 0.25) is 5.89 Å². The maximum Gasteiger partial charge on any atom is 0.283 e. The topological polar surface area (TPSA) is 93.6 Å². The van der Waals surface area contributed by atoms with Crippen molar-refractivity contribution in [2.45, 2.75) is 13.0 Å². The van der Waals surface area contributed by atoms with Crippen molar-refractivity contribution in [3.63, 3.8) is 0 Å². The third-order valence-electron chi connectivity index (χ3n) is 1.53. The van der Waals surface area contributed by atoms with E-state index in [1.54, 1.807) is 19.3 Å². The normalized spacial score (nSPS) is 13.1. The fourth-order valence-corrected chi connectivity index (χ4v) is 0.897. The highest BCUT2D eigenvalue weighted by atomic mass is 16.4. The molecule has 6 heteroatoms. The molecule has 0 aliphatic rings. The molecule has 6 nitrogen and oxygen atoms in total. The summed E-state index contributed by atoms with van der Waals surface area (Å²) in [6.45, 7) is 1.78. The SMILES string of the molecule is C[C@H](N)c1nnc(-c2ncc[nH]2)o1. The van der Waals surface area contributed by atoms with Gasteiger partial charge >= 0.3 is 0 Å². The first-order valence-electron chi connectivity index (χ1n) is 3.86. The van der Waals surface area contributed by atoms with Gasteiger partial charge in [0.1, 0.15) is 0 Å². The summed E-state index contributed by atoms with van der Waals surface area (Å²) in [5.41, 5.74) is 5.55.